The average molecular weight is 249 g/mol. The van der Waals surface area contributed by atoms with Crippen LogP contribution in [-0.2, 0) is 6.54 Å². The maximum absolute atomic E-state index is 10.9. The van der Waals surface area contributed by atoms with Crippen molar-refractivity contribution in [1.29, 1.82) is 0 Å². The fraction of sp³-hybridized carbons (Fsp3) is 0.500. The Bertz CT molecular complexity index is 431. The van der Waals surface area contributed by atoms with Crippen LogP contribution in [0.15, 0.2) is 24.3 Å². The first-order valence-electron chi connectivity index (χ1n) is 6.29. The SMILES string of the molecule is CC(O)C1CCN(Cc2cccc(C(=O)O)c2)C1. The van der Waals surface area contributed by atoms with E-state index in [2.05, 4.69) is 4.90 Å². The van der Waals surface area contributed by atoms with E-state index in [0.29, 0.717) is 11.5 Å². The van der Waals surface area contributed by atoms with E-state index in [1.165, 1.54) is 0 Å². The highest BCUT2D eigenvalue weighted by molar-refractivity contribution is 5.87. The summed E-state index contributed by atoms with van der Waals surface area (Å²) in [5.41, 5.74) is 1.35. The van der Waals surface area contributed by atoms with Crippen LogP contribution in [0.1, 0.15) is 29.3 Å². The molecule has 2 atom stereocenters. The van der Waals surface area contributed by atoms with Crippen LogP contribution < -0.4 is 0 Å². The highest BCUT2D eigenvalue weighted by Gasteiger charge is 2.25. The van der Waals surface area contributed by atoms with Gasteiger partial charge in [-0.05, 0) is 43.5 Å². The van der Waals surface area contributed by atoms with E-state index < -0.39 is 5.97 Å². The molecule has 18 heavy (non-hydrogen) atoms. The first-order chi connectivity index (χ1) is 8.56. The topological polar surface area (TPSA) is 60.8 Å². The largest absolute Gasteiger partial charge is 0.478 e. The Hall–Kier alpha value is -1.39. The summed E-state index contributed by atoms with van der Waals surface area (Å²) in [5.74, 6) is -0.548. The summed E-state index contributed by atoms with van der Waals surface area (Å²) in [5, 5.41) is 18.5. The summed E-state index contributed by atoms with van der Waals surface area (Å²) >= 11 is 0. The highest BCUT2D eigenvalue weighted by Crippen LogP contribution is 2.21. The Labute approximate surface area is 107 Å². The third-order valence-corrected chi connectivity index (χ3v) is 3.57. The van der Waals surface area contributed by atoms with E-state index in [1.54, 1.807) is 18.2 Å². The zero-order chi connectivity index (χ0) is 13.1. The molecule has 2 unspecified atom stereocenters. The van der Waals surface area contributed by atoms with Crippen LogP contribution in [0, 0.1) is 5.92 Å². The molecular weight excluding hydrogens is 230 g/mol. The zero-order valence-electron chi connectivity index (χ0n) is 10.5. The third kappa shape index (κ3) is 3.09. The Morgan fingerprint density at radius 2 is 2.33 bits per heavy atom. The fourth-order valence-electron chi connectivity index (χ4n) is 2.46. The minimum atomic E-state index is -0.889. The smallest absolute Gasteiger partial charge is 0.335 e. The number of carbonyl (C=O) groups is 1. The van der Waals surface area contributed by atoms with Gasteiger partial charge in [0.1, 0.15) is 0 Å². The Morgan fingerprint density at radius 1 is 1.56 bits per heavy atom. The number of carboxylic acid groups (broad SMARTS) is 1. The maximum atomic E-state index is 10.9. The van der Waals surface area contributed by atoms with Crippen molar-refractivity contribution >= 4 is 5.97 Å². The monoisotopic (exact) mass is 249 g/mol. The van der Waals surface area contributed by atoms with Gasteiger partial charge in [-0.2, -0.15) is 0 Å². The third-order valence-electron chi connectivity index (χ3n) is 3.57. The number of carboxylic acids is 1. The minimum absolute atomic E-state index is 0.264. The summed E-state index contributed by atoms with van der Waals surface area (Å²) in [7, 11) is 0. The van der Waals surface area contributed by atoms with Crippen molar-refractivity contribution in [2.24, 2.45) is 5.92 Å². The van der Waals surface area contributed by atoms with Crippen molar-refractivity contribution in [1.82, 2.24) is 4.90 Å². The van der Waals surface area contributed by atoms with Crippen LogP contribution in [0.2, 0.25) is 0 Å². The molecule has 1 saturated heterocycles. The molecule has 0 amide bonds. The van der Waals surface area contributed by atoms with Crippen molar-refractivity contribution in [3.8, 4) is 0 Å². The molecule has 1 aliphatic rings. The summed E-state index contributed by atoms with van der Waals surface area (Å²) in [6.07, 6.45) is 0.747. The van der Waals surface area contributed by atoms with Gasteiger partial charge in [0.2, 0.25) is 0 Å². The lowest BCUT2D eigenvalue weighted by molar-refractivity contribution is 0.0696. The quantitative estimate of drug-likeness (QED) is 0.850. The Kier molecular flexibility index (Phi) is 3.99. The average Bonchev–Trinajstić information content (AvgIpc) is 2.78. The van der Waals surface area contributed by atoms with Gasteiger partial charge in [0.05, 0.1) is 11.7 Å². The normalized spacial score (nSPS) is 22.0. The van der Waals surface area contributed by atoms with E-state index in [0.717, 1.165) is 31.6 Å². The van der Waals surface area contributed by atoms with Crippen molar-refractivity contribution in [3.05, 3.63) is 35.4 Å². The second-order valence-electron chi connectivity index (χ2n) is 5.03. The molecular formula is C14H19NO3. The van der Waals surface area contributed by atoms with Crippen LogP contribution in [-0.4, -0.2) is 40.3 Å². The molecule has 98 valence electrons. The van der Waals surface area contributed by atoms with Crippen LogP contribution in [0.25, 0.3) is 0 Å². The van der Waals surface area contributed by atoms with Gasteiger partial charge in [0, 0.05) is 13.1 Å². The van der Waals surface area contributed by atoms with Gasteiger partial charge in [-0.1, -0.05) is 12.1 Å². The first-order valence-corrected chi connectivity index (χ1v) is 6.29. The van der Waals surface area contributed by atoms with Gasteiger partial charge in [0.25, 0.3) is 0 Å². The number of rotatable bonds is 4. The van der Waals surface area contributed by atoms with E-state index in [-0.39, 0.29) is 6.10 Å². The molecule has 1 heterocycles. The predicted octanol–water partition coefficient (Wildman–Crippen LogP) is 1.59. The van der Waals surface area contributed by atoms with Gasteiger partial charge in [-0.3, -0.25) is 4.90 Å². The van der Waals surface area contributed by atoms with Gasteiger partial charge < -0.3 is 10.2 Å². The van der Waals surface area contributed by atoms with Gasteiger partial charge in [-0.15, -0.1) is 0 Å². The number of hydrogen-bond acceptors (Lipinski definition) is 3. The standard InChI is InChI=1S/C14H19NO3/c1-10(16)13-5-6-15(9-13)8-11-3-2-4-12(7-11)14(17)18/h2-4,7,10,13,16H,5-6,8-9H2,1H3,(H,17,18). The molecule has 0 bridgehead atoms. The van der Waals surface area contributed by atoms with Crippen LogP contribution in [0.5, 0.6) is 0 Å². The zero-order valence-corrected chi connectivity index (χ0v) is 10.5. The second-order valence-corrected chi connectivity index (χ2v) is 5.03. The number of aliphatic hydroxyl groups is 1. The summed E-state index contributed by atoms with van der Waals surface area (Å²) in [6.45, 7) is 4.44. The van der Waals surface area contributed by atoms with Crippen LogP contribution in [0.3, 0.4) is 0 Å². The fourth-order valence-corrected chi connectivity index (χ4v) is 2.46. The molecule has 2 rings (SSSR count). The Morgan fingerprint density at radius 3 is 2.94 bits per heavy atom. The molecule has 2 N–H and O–H groups in total. The molecule has 4 nitrogen and oxygen atoms in total. The second kappa shape index (κ2) is 5.50. The lowest BCUT2D eigenvalue weighted by Gasteiger charge is -2.17. The van der Waals surface area contributed by atoms with Crippen molar-refractivity contribution in [2.75, 3.05) is 13.1 Å². The van der Waals surface area contributed by atoms with E-state index in [4.69, 9.17) is 5.11 Å². The number of nitrogens with zero attached hydrogens (tertiary/aromatic N) is 1. The molecule has 1 aromatic rings. The number of benzene rings is 1. The molecule has 1 aliphatic heterocycles. The number of aromatic carboxylic acids is 1. The first kappa shape index (κ1) is 13.1. The molecule has 0 spiro atoms. The molecule has 0 aromatic heterocycles. The molecule has 1 fully saturated rings. The summed E-state index contributed by atoms with van der Waals surface area (Å²) < 4.78 is 0. The minimum Gasteiger partial charge on any atom is -0.478 e. The number of likely N-dealkylation sites (tertiary alicyclic amines) is 1. The Balaban J connectivity index is 1.98. The van der Waals surface area contributed by atoms with Crippen molar-refractivity contribution in [2.45, 2.75) is 26.0 Å². The summed E-state index contributed by atoms with van der Waals surface area (Å²) in [4.78, 5) is 13.1. The van der Waals surface area contributed by atoms with E-state index in [9.17, 15) is 9.90 Å². The van der Waals surface area contributed by atoms with Crippen LogP contribution >= 0.6 is 0 Å². The van der Waals surface area contributed by atoms with E-state index in [1.807, 2.05) is 13.0 Å². The van der Waals surface area contributed by atoms with Crippen molar-refractivity contribution < 1.29 is 15.0 Å². The molecule has 0 saturated carbocycles. The number of aliphatic hydroxyl groups excluding tert-OH is 1. The van der Waals surface area contributed by atoms with Gasteiger partial charge >= 0.3 is 5.97 Å². The lowest BCUT2D eigenvalue weighted by Crippen LogP contribution is -2.24. The van der Waals surface area contributed by atoms with Gasteiger partial charge in [0.15, 0.2) is 0 Å². The molecule has 4 heteroatoms. The molecule has 1 aromatic carbocycles. The molecule has 0 aliphatic carbocycles. The summed E-state index contributed by atoms with van der Waals surface area (Å²) in [6, 6.07) is 7.05. The highest BCUT2D eigenvalue weighted by atomic mass is 16.4. The van der Waals surface area contributed by atoms with E-state index >= 15 is 0 Å². The molecule has 0 radical (unpaired) electrons. The lowest BCUT2D eigenvalue weighted by atomic mass is 10.0. The van der Waals surface area contributed by atoms with Crippen molar-refractivity contribution in [3.63, 3.8) is 0 Å². The maximum Gasteiger partial charge on any atom is 0.335 e. The van der Waals surface area contributed by atoms with Crippen LogP contribution in [0.4, 0.5) is 0 Å². The van der Waals surface area contributed by atoms with Gasteiger partial charge in [-0.25, -0.2) is 4.79 Å². The predicted molar refractivity (Wildman–Crippen MR) is 68.5 cm³/mol. The number of hydrogen-bond donors (Lipinski definition) is 2.